The molecule has 5 aliphatic rings. The van der Waals surface area contributed by atoms with Crippen LogP contribution in [-0.4, -0.2) is 179 Å². The number of carbonyl (C=O) groups is 5. The number of carbonyl (C=O) groups excluding carboxylic acids is 5. The number of aromatic nitrogens is 1. The summed E-state index contributed by atoms with van der Waals surface area (Å²) in [7, 11) is 6.79. The quantitative estimate of drug-likeness (QED) is 0.159. The van der Waals surface area contributed by atoms with Gasteiger partial charge in [-0.1, -0.05) is 27.7 Å². The van der Waals surface area contributed by atoms with Crippen LogP contribution in [-0.2, 0) is 52.3 Å². The van der Waals surface area contributed by atoms with Crippen LogP contribution in [0.3, 0.4) is 0 Å². The predicted octanol–water partition coefficient (Wildman–Crippen LogP) is 4.44. The number of Topliss-reactive ketones (excluding diaryl/α,β-unsaturated/α-hetero) is 1. The molecule has 4 fully saturated rings. The Bertz CT molecular complexity index is 1990. The molecule has 0 aromatic carbocycles. The van der Waals surface area contributed by atoms with E-state index in [0.29, 0.717) is 18.6 Å². The molecule has 0 saturated carbocycles. The normalized spacial score (nSPS) is 42.5. The summed E-state index contributed by atoms with van der Waals surface area (Å²) in [6, 6.07) is 2.85. The number of esters is 2. The number of ketones is 1. The second kappa shape index (κ2) is 21.9. The summed E-state index contributed by atoms with van der Waals surface area (Å²) in [6.07, 6.45) is -5.48. The number of cyclic esters (lactones) is 1. The first-order chi connectivity index (χ1) is 32.4. The molecule has 2 N–H and O–H groups in total. The highest BCUT2D eigenvalue weighted by molar-refractivity contribution is 8.00. The number of aliphatic hydroxyl groups excluding tert-OH is 2. The third-order valence-corrected chi connectivity index (χ3v) is 17.2. The van der Waals surface area contributed by atoms with Crippen LogP contribution in [0, 0.1) is 29.6 Å². The van der Waals surface area contributed by atoms with Gasteiger partial charge in [0.15, 0.2) is 18.2 Å². The molecule has 19 atom stereocenters. The molecule has 69 heavy (non-hydrogen) atoms. The number of methoxy groups -OCH3 is 2. The van der Waals surface area contributed by atoms with Crippen LogP contribution in [0.4, 0.5) is 0 Å². The largest absolute Gasteiger partial charge is 0.458 e. The first kappa shape index (κ1) is 55.2. The summed E-state index contributed by atoms with van der Waals surface area (Å²) in [5, 5.41) is 22.1. The van der Waals surface area contributed by atoms with E-state index >= 15 is 4.79 Å². The minimum atomic E-state index is -1.46. The van der Waals surface area contributed by atoms with Crippen molar-refractivity contribution >= 4 is 41.3 Å². The van der Waals surface area contributed by atoms with Crippen LogP contribution >= 0.6 is 11.8 Å². The number of aliphatic hydroxyl groups is 2. The number of nitrogens with zero attached hydrogens (tertiary/aromatic N) is 3. The van der Waals surface area contributed by atoms with E-state index in [1.807, 2.05) is 53.6 Å². The topological polar surface area (TPSA) is 219 Å². The smallest absolute Gasteiger partial charge is 0.320 e. The third-order valence-electron chi connectivity index (χ3n) is 15.8. The van der Waals surface area contributed by atoms with Crippen LogP contribution in [0.5, 0.6) is 0 Å². The van der Waals surface area contributed by atoms with Gasteiger partial charge in [0.1, 0.15) is 35.0 Å². The number of ether oxygens (including phenoxy) is 8. The van der Waals surface area contributed by atoms with Crippen LogP contribution in [0.1, 0.15) is 122 Å². The molecule has 6 heterocycles. The lowest BCUT2D eigenvalue weighted by Crippen LogP contribution is -2.61. The fourth-order valence-electron chi connectivity index (χ4n) is 11.7. The molecule has 19 heteroatoms. The van der Waals surface area contributed by atoms with Gasteiger partial charge in [0, 0.05) is 63.1 Å². The van der Waals surface area contributed by atoms with Crippen molar-refractivity contribution in [1.29, 1.82) is 0 Å². The zero-order valence-electron chi connectivity index (χ0n) is 42.9. The van der Waals surface area contributed by atoms with E-state index in [1.165, 1.54) is 32.2 Å². The van der Waals surface area contributed by atoms with E-state index in [9.17, 15) is 29.4 Å². The molecular formula is C50H77N3O15S. The molecule has 6 rings (SSSR count). The summed E-state index contributed by atoms with van der Waals surface area (Å²) < 4.78 is 51.5. The number of thioether (sulfide) groups is 1. The minimum Gasteiger partial charge on any atom is -0.458 e. The van der Waals surface area contributed by atoms with E-state index in [2.05, 4.69) is 4.98 Å². The molecule has 1 aromatic heterocycles. The van der Waals surface area contributed by atoms with Crippen LogP contribution < -0.4 is 0 Å². The first-order valence-corrected chi connectivity index (χ1v) is 25.6. The zero-order valence-corrected chi connectivity index (χ0v) is 43.7. The van der Waals surface area contributed by atoms with Crippen LogP contribution in [0.25, 0.3) is 0 Å². The molecule has 4 saturated heterocycles. The summed E-state index contributed by atoms with van der Waals surface area (Å²) in [5.41, 5.74) is -3.48. The maximum atomic E-state index is 15.1. The van der Waals surface area contributed by atoms with Gasteiger partial charge in [0.2, 0.25) is 0 Å². The number of hydrogen-bond acceptors (Lipinski definition) is 18. The molecule has 1 aromatic rings. The highest BCUT2D eigenvalue weighted by Crippen LogP contribution is 2.49. The van der Waals surface area contributed by atoms with E-state index in [4.69, 9.17) is 37.9 Å². The van der Waals surface area contributed by atoms with Gasteiger partial charge in [-0.05, 0) is 99.2 Å². The Labute approximate surface area is 411 Å². The fourth-order valence-corrected chi connectivity index (χ4v) is 13.1. The van der Waals surface area contributed by atoms with Gasteiger partial charge >= 0.3 is 11.9 Å². The molecule has 0 aliphatic carbocycles. The molecule has 0 radical (unpaired) electrons. The van der Waals surface area contributed by atoms with Gasteiger partial charge in [-0.25, -0.2) is 0 Å². The van der Waals surface area contributed by atoms with Crippen molar-refractivity contribution in [2.75, 3.05) is 40.6 Å². The lowest BCUT2D eigenvalue weighted by molar-refractivity contribution is -0.319. The SMILES string of the molecule is CC[C@H]1OC(=O)[C@H](C)[C@@H](O[C@H]2C[C@@](C)(OC)[C@@H](O)[C@@H](C)O2)[C@H](C)[C@@H](O[C@@H]2O[C@H](C)C[C@H](N(C)C)[C@H]2O)[C@](C)(OC)C[C@@H](C)C(=O)C(C)C2C(SCCCN3C(=O)c4cccnc4C3=O)C(=O)O[C@@]21C. The Morgan fingerprint density at radius 3 is 2.20 bits per heavy atom. The van der Waals surface area contributed by atoms with Crippen molar-refractivity contribution in [2.24, 2.45) is 29.6 Å². The van der Waals surface area contributed by atoms with Crippen LogP contribution in [0.15, 0.2) is 18.3 Å². The number of hydrogen-bond donors (Lipinski definition) is 2. The molecular weight excluding hydrogens is 915 g/mol. The Hall–Kier alpha value is -3.11. The fraction of sp³-hybridized carbons (Fsp3) is 0.800. The molecule has 0 bridgehead atoms. The summed E-state index contributed by atoms with van der Waals surface area (Å²) in [4.78, 5) is 77.6. The number of fused-ring (bicyclic) bond motifs is 2. The molecule has 5 aliphatic heterocycles. The van der Waals surface area contributed by atoms with E-state index < -0.39 is 125 Å². The number of pyridine rings is 1. The Kier molecular flexibility index (Phi) is 17.6. The Balaban J connectivity index is 1.37. The second-order valence-electron chi connectivity index (χ2n) is 20.9. The van der Waals surface area contributed by atoms with Gasteiger partial charge in [0.05, 0.1) is 47.1 Å². The zero-order chi connectivity index (χ0) is 51.1. The van der Waals surface area contributed by atoms with Gasteiger partial charge in [-0.3, -0.25) is 33.9 Å². The standard InChI is InChI=1S/C50H77N3O15S/c1-15-33-50(10)35(40(46(60)68-50)69-21-17-20-53-43(57)31-18-16-19-51-36(31)44(53)58)27(4)37(54)25(2)23-49(9,62-14)42(67-47-38(55)32(52(11)12)22-26(3)63-47)28(5)39(29(6)45(59)65-33)66-34-24-48(8,61-13)41(56)30(7)64-34/h16,18-19,25-30,32-35,38-42,47,55-56H,15,17,20-24H2,1-14H3/t25-,26-,27?,28+,29-,30-,32+,33-,34+,35?,38-,39+,40?,41+,42-,47+,48-,49-,50-/m1/s1. The molecule has 3 unspecified atom stereocenters. The molecule has 388 valence electrons. The number of likely N-dealkylation sites (N-methyl/N-ethyl adjacent to an activating group) is 1. The highest BCUT2D eigenvalue weighted by Gasteiger charge is 2.62. The van der Waals surface area contributed by atoms with Gasteiger partial charge in [-0.2, -0.15) is 0 Å². The maximum absolute atomic E-state index is 15.1. The number of imide groups is 1. The van der Waals surface area contributed by atoms with E-state index in [1.54, 1.807) is 46.8 Å². The molecule has 0 spiro atoms. The maximum Gasteiger partial charge on any atom is 0.320 e. The van der Waals surface area contributed by atoms with Crippen molar-refractivity contribution in [2.45, 2.75) is 185 Å². The molecule has 18 nitrogen and oxygen atoms in total. The lowest BCUT2D eigenvalue weighted by atomic mass is 9.70. The van der Waals surface area contributed by atoms with Gasteiger partial charge in [0.25, 0.3) is 11.8 Å². The Morgan fingerprint density at radius 2 is 1.58 bits per heavy atom. The second-order valence-corrected chi connectivity index (χ2v) is 22.1. The summed E-state index contributed by atoms with van der Waals surface area (Å²) in [6.45, 7) is 18.0. The van der Waals surface area contributed by atoms with Crippen molar-refractivity contribution < 1.29 is 72.1 Å². The molecule has 2 amide bonds. The van der Waals surface area contributed by atoms with Gasteiger partial charge in [-0.15, -0.1) is 11.8 Å². The number of rotatable bonds is 13. The van der Waals surface area contributed by atoms with Gasteiger partial charge < -0.3 is 53.0 Å². The minimum absolute atomic E-state index is 0.0948. The summed E-state index contributed by atoms with van der Waals surface area (Å²) in [5.74, 6) is -6.07. The monoisotopic (exact) mass is 992 g/mol. The average molecular weight is 992 g/mol. The van der Waals surface area contributed by atoms with E-state index in [-0.39, 0.29) is 55.0 Å². The average Bonchev–Trinajstić information content (AvgIpc) is 3.71. The van der Waals surface area contributed by atoms with Crippen molar-refractivity contribution in [1.82, 2.24) is 14.8 Å². The first-order valence-electron chi connectivity index (χ1n) is 24.5. The Morgan fingerprint density at radius 1 is 0.899 bits per heavy atom. The third kappa shape index (κ3) is 10.8. The van der Waals surface area contributed by atoms with Crippen molar-refractivity contribution in [3.63, 3.8) is 0 Å². The van der Waals surface area contributed by atoms with Crippen molar-refractivity contribution in [3.8, 4) is 0 Å². The summed E-state index contributed by atoms with van der Waals surface area (Å²) >= 11 is 1.28. The van der Waals surface area contributed by atoms with Crippen LogP contribution in [0.2, 0.25) is 0 Å². The predicted molar refractivity (Wildman–Crippen MR) is 253 cm³/mol. The highest BCUT2D eigenvalue weighted by atomic mass is 32.2. The van der Waals surface area contributed by atoms with E-state index in [0.717, 1.165) is 4.90 Å². The lowest BCUT2D eigenvalue weighted by Gasteiger charge is -2.50. The van der Waals surface area contributed by atoms with Crippen molar-refractivity contribution in [3.05, 3.63) is 29.6 Å². The number of amides is 2.